The quantitative estimate of drug-likeness (QED) is 0.833. The third-order valence-electron chi connectivity index (χ3n) is 1.97. The lowest BCUT2D eigenvalue weighted by Gasteiger charge is -2.05. The number of aromatic carboxylic acids is 1. The number of rotatable bonds is 4. The summed E-state index contributed by atoms with van der Waals surface area (Å²) < 4.78 is 1.35. The molecule has 0 unspecified atom stereocenters. The van der Waals surface area contributed by atoms with Crippen LogP contribution in [0.5, 0.6) is 0 Å². The second kappa shape index (κ2) is 4.74. The SMILES string of the molecule is O=C(Cn1cccc1C(=O)O)Nc1nncs1. The smallest absolute Gasteiger partial charge is 0.352 e. The molecule has 0 saturated heterocycles. The molecule has 8 heteroatoms. The summed E-state index contributed by atoms with van der Waals surface area (Å²) in [5.41, 5.74) is 1.56. The van der Waals surface area contributed by atoms with Gasteiger partial charge in [0.1, 0.15) is 17.7 Å². The number of anilines is 1. The Kier molecular flexibility index (Phi) is 3.15. The molecular weight excluding hydrogens is 244 g/mol. The molecule has 88 valence electrons. The highest BCUT2D eigenvalue weighted by molar-refractivity contribution is 7.13. The van der Waals surface area contributed by atoms with Crippen LogP contribution < -0.4 is 5.32 Å². The molecule has 0 aromatic carbocycles. The first-order valence-electron chi connectivity index (χ1n) is 4.61. The van der Waals surface area contributed by atoms with Crippen molar-refractivity contribution < 1.29 is 14.7 Å². The highest BCUT2D eigenvalue weighted by Crippen LogP contribution is 2.08. The van der Waals surface area contributed by atoms with Crippen LogP contribution in [0, 0.1) is 0 Å². The molecule has 0 aliphatic carbocycles. The molecule has 7 nitrogen and oxygen atoms in total. The maximum absolute atomic E-state index is 11.6. The molecule has 2 aromatic heterocycles. The second-order valence-electron chi connectivity index (χ2n) is 3.12. The van der Waals surface area contributed by atoms with E-state index < -0.39 is 5.97 Å². The molecule has 2 N–H and O–H groups in total. The highest BCUT2D eigenvalue weighted by atomic mass is 32.1. The number of hydrogen-bond acceptors (Lipinski definition) is 5. The fourth-order valence-electron chi connectivity index (χ4n) is 1.29. The minimum Gasteiger partial charge on any atom is -0.477 e. The first kappa shape index (κ1) is 11.3. The first-order chi connectivity index (χ1) is 8.16. The lowest BCUT2D eigenvalue weighted by Crippen LogP contribution is -2.20. The molecule has 1 amide bonds. The Balaban J connectivity index is 2.03. The number of carboxylic acid groups (broad SMARTS) is 1. The zero-order chi connectivity index (χ0) is 12.3. The molecule has 0 spiro atoms. The van der Waals surface area contributed by atoms with Gasteiger partial charge in [-0.3, -0.25) is 10.1 Å². The van der Waals surface area contributed by atoms with E-state index in [4.69, 9.17) is 5.11 Å². The van der Waals surface area contributed by atoms with Gasteiger partial charge in [-0.05, 0) is 12.1 Å². The van der Waals surface area contributed by atoms with Crippen LogP contribution in [-0.4, -0.2) is 31.7 Å². The highest BCUT2D eigenvalue weighted by Gasteiger charge is 2.12. The van der Waals surface area contributed by atoms with E-state index in [2.05, 4.69) is 15.5 Å². The summed E-state index contributed by atoms with van der Waals surface area (Å²) in [6.07, 6.45) is 1.53. The molecule has 0 fully saturated rings. The van der Waals surface area contributed by atoms with Gasteiger partial charge in [0.05, 0.1) is 0 Å². The van der Waals surface area contributed by atoms with Crippen molar-refractivity contribution in [1.29, 1.82) is 0 Å². The van der Waals surface area contributed by atoms with E-state index in [0.29, 0.717) is 5.13 Å². The maximum Gasteiger partial charge on any atom is 0.352 e. The van der Waals surface area contributed by atoms with E-state index in [1.165, 1.54) is 33.7 Å². The molecule has 2 rings (SSSR count). The Labute approximate surface area is 99.7 Å². The number of nitrogens with one attached hydrogen (secondary N) is 1. The van der Waals surface area contributed by atoms with Crippen LogP contribution in [0.2, 0.25) is 0 Å². The van der Waals surface area contributed by atoms with Gasteiger partial charge in [0.2, 0.25) is 11.0 Å². The maximum atomic E-state index is 11.6. The monoisotopic (exact) mass is 252 g/mol. The summed E-state index contributed by atoms with van der Waals surface area (Å²) in [7, 11) is 0. The number of carboxylic acids is 1. The molecule has 17 heavy (non-hydrogen) atoms. The van der Waals surface area contributed by atoms with Crippen molar-refractivity contribution in [2.75, 3.05) is 5.32 Å². The lowest BCUT2D eigenvalue weighted by molar-refractivity contribution is -0.116. The van der Waals surface area contributed by atoms with Crippen LogP contribution in [-0.2, 0) is 11.3 Å². The number of nitrogens with zero attached hydrogens (tertiary/aromatic N) is 3. The zero-order valence-corrected chi connectivity index (χ0v) is 9.35. The van der Waals surface area contributed by atoms with Gasteiger partial charge < -0.3 is 9.67 Å². The van der Waals surface area contributed by atoms with E-state index in [-0.39, 0.29) is 18.1 Å². The minimum absolute atomic E-state index is 0.0670. The molecule has 2 aromatic rings. The van der Waals surface area contributed by atoms with E-state index in [1.807, 2.05) is 0 Å². The predicted molar refractivity (Wildman–Crippen MR) is 59.9 cm³/mol. The van der Waals surface area contributed by atoms with Gasteiger partial charge in [-0.15, -0.1) is 10.2 Å². The van der Waals surface area contributed by atoms with Crippen molar-refractivity contribution in [2.45, 2.75) is 6.54 Å². The fraction of sp³-hybridized carbons (Fsp3) is 0.111. The van der Waals surface area contributed by atoms with Crippen LogP contribution in [0.25, 0.3) is 0 Å². The van der Waals surface area contributed by atoms with E-state index in [0.717, 1.165) is 0 Å². The van der Waals surface area contributed by atoms with Crippen LogP contribution >= 0.6 is 11.3 Å². The Morgan fingerprint density at radius 1 is 1.53 bits per heavy atom. The number of carbonyl (C=O) groups is 2. The number of carbonyl (C=O) groups excluding carboxylic acids is 1. The van der Waals surface area contributed by atoms with Crippen LogP contribution in [0.4, 0.5) is 5.13 Å². The largest absolute Gasteiger partial charge is 0.477 e. The minimum atomic E-state index is -1.07. The van der Waals surface area contributed by atoms with Gasteiger partial charge >= 0.3 is 5.97 Å². The number of aromatic nitrogens is 3. The molecule has 0 atom stereocenters. The van der Waals surface area contributed by atoms with Gasteiger partial charge in [-0.2, -0.15) is 0 Å². The number of hydrogen-bond donors (Lipinski definition) is 2. The van der Waals surface area contributed by atoms with Crippen LogP contribution in [0.1, 0.15) is 10.5 Å². The number of amides is 1. The van der Waals surface area contributed by atoms with E-state index in [1.54, 1.807) is 6.07 Å². The van der Waals surface area contributed by atoms with Crippen molar-refractivity contribution >= 4 is 28.3 Å². The van der Waals surface area contributed by atoms with Gasteiger partial charge in [-0.25, -0.2) is 4.79 Å². The van der Waals surface area contributed by atoms with Crippen molar-refractivity contribution in [1.82, 2.24) is 14.8 Å². The van der Waals surface area contributed by atoms with Crippen LogP contribution in [0.3, 0.4) is 0 Å². The molecule has 2 heterocycles. The van der Waals surface area contributed by atoms with Gasteiger partial charge in [0.25, 0.3) is 0 Å². The summed E-state index contributed by atoms with van der Waals surface area (Å²) in [5.74, 6) is -1.42. The predicted octanol–water partition coefficient (Wildman–Crippen LogP) is 0.676. The van der Waals surface area contributed by atoms with Crippen molar-refractivity contribution in [3.63, 3.8) is 0 Å². The third-order valence-corrected chi connectivity index (χ3v) is 2.58. The molecule has 0 aliphatic heterocycles. The van der Waals surface area contributed by atoms with Gasteiger partial charge in [-0.1, -0.05) is 11.3 Å². The Bertz CT molecular complexity index is 534. The molecule has 0 bridgehead atoms. The third kappa shape index (κ3) is 2.67. The average Bonchev–Trinajstić information content (AvgIpc) is 2.88. The summed E-state index contributed by atoms with van der Waals surface area (Å²) in [4.78, 5) is 22.4. The fourth-order valence-corrected chi connectivity index (χ4v) is 1.75. The Morgan fingerprint density at radius 2 is 2.35 bits per heavy atom. The molecule has 0 saturated carbocycles. The first-order valence-corrected chi connectivity index (χ1v) is 5.49. The van der Waals surface area contributed by atoms with Crippen molar-refractivity contribution in [3.05, 3.63) is 29.5 Å². The van der Waals surface area contributed by atoms with Crippen molar-refractivity contribution in [3.8, 4) is 0 Å². The molecule has 0 radical (unpaired) electrons. The van der Waals surface area contributed by atoms with Crippen LogP contribution in [0.15, 0.2) is 23.8 Å². The van der Waals surface area contributed by atoms with Gasteiger partial charge in [0, 0.05) is 6.20 Å². The average molecular weight is 252 g/mol. The zero-order valence-electron chi connectivity index (χ0n) is 8.53. The van der Waals surface area contributed by atoms with E-state index in [9.17, 15) is 9.59 Å². The Hall–Kier alpha value is -2.22. The standard InChI is InChI=1S/C9H8N4O3S/c14-7(11-9-12-10-5-17-9)4-13-3-1-2-6(13)8(15)16/h1-3,5H,4H2,(H,15,16)(H,11,12,14). The second-order valence-corrected chi connectivity index (χ2v) is 3.95. The summed E-state index contributed by atoms with van der Waals surface area (Å²) in [5, 5.41) is 19.0. The lowest BCUT2D eigenvalue weighted by atomic mass is 10.4. The van der Waals surface area contributed by atoms with Crippen molar-refractivity contribution in [2.24, 2.45) is 0 Å². The normalized spacial score (nSPS) is 10.1. The van der Waals surface area contributed by atoms with Gasteiger partial charge in [0.15, 0.2) is 0 Å². The summed E-state index contributed by atoms with van der Waals surface area (Å²) in [6, 6.07) is 3.00. The topological polar surface area (TPSA) is 97.1 Å². The summed E-state index contributed by atoms with van der Waals surface area (Å²) in [6.45, 7) is -0.0752. The molecular formula is C9H8N4O3S. The molecule has 0 aliphatic rings. The Morgan fingerprint density at radius 3 is 3.00 bits per heavy atom. The van der Waals surface area contributed by atoms with E-state index >= 15 is 0 Å². The summed E-state index contributed by atoms with van der Waals surface area (Å²) >= 11 is 1.19.